The highest BCUT2D eigenvalue weighted by molar-refractivity contribution is 4.92. The molecule has 15 heavy (non-hydrogen) atoms. The van der Waals surface area contributed by atoms with Crippen molar-refractivity contribution in [2.45, 2.75) is 18.1 Å². The Morgan fingerprint density at radius 2 is 1.47 bits per heavy atom. The Morgan fingerprint density at radius 1 is 1.07 bits per heavy atom. The zero-order valence-corrected chi connectivity index (χ0v) is 6.85. The zero-order chi connectivity index (χ0) is 12.5. The lowest BCUT2D eigenvalue weighted by Crippen LogP contribution is -2.48. The van der Waals surface area contributed by atoms with Crippen molar-refractivity contribution in [3.05, 3.63) is 12.4 Å². The molecule has 0 amide bonds. The van der Waals surface area contributed by atoms with Crippen LogP contribution in [0.4, 0.5) is 35.1 Å². The van der Waals surface area contributed by atoms with Crippen molar-refractivity contribution in [1.29, 1.82) is 0 Å². The molecule has 0 saturated carbocycles. The Morgan fingerprint density at radius 3 is 1.73 bits per heavy atom. The average molecular weight is 244 g/mol. The Balaban J connectivity index is 4.86. The van der Waals surface area contributed by atoms with Crippen LogP contribution in [0.1, 0.15) is 0 Å². The van der Waals surface area contributed by atoms with Gasteiger partial charge in [-0.15, -0.1) is 0 Å². The van der Waals surface area contributed by atoms with Gasteiger partial charge in [-0.25, -0.2) is 13.5 Å². The first-order valence-corrected chi connectivity index (χ1v) is 3.21. The largest absolute Gasteiger partial charge is 0.426 e. The van der Waals surface area contributed by atoms with E-state index in [0.717, 1.165) is 0 Å². The van der Waals surface area contributed by atoms with Gasteiger partial charge in [-0.05, 0) is 0 Å². The van der Waals surface area contributed by atoms with Gasteiger partial charge in [0, 0.05) is 0 Å². The molecule has 0 aliphatic heterocycles. The van der Waals surface area contributed by atoms with Crippen molar-refractivity contribution >= 4 is 0 Å². The quantitative estimate of drug-likeness (QED) is 0.674. The van der Waals surface area contributed by atoms with Gasteiger partial charge in [-0.3, -0.25) is 0 Å². The van der Waals surface area contributed by atoms with Crippen LogP contribution >= 0.6 is 0 Å². The van der Waals surface area contributed by atoms with E-state index in [9.17, 15) is 35.1 Å². The highest BCUT2D eigenvalue weighted by atomic mass is 19.3. The monoisotopic (exact) mass is 244 g/mol. The van der Waals surface area contributed by atoms with Crippen LogP contribution in [0.2, 0.25) is 0 Å². The summed E-state index contributed by atoms with van der Waals surface area (Å²) in [5.41, 5.74) is 0. The Kier molecular flexibility index (Phi) is 3.72. The molecule has 90 valence electrons. The summed E-state index contributed by atoms with van der Waals surface area (Å²) in [6, 6.07) is 0. The van der Waals surface area contributed by atoms with Gasteiger partial charge in [0.15, 0.2) is 12.5 Å². The lowest BCUT2D eigenvalue weighted by atomic mass is 10.3. The van der Waals surface area contributed by atoms with Crippen LogP contribution in [0.5, 0.6) is 0 Å². The average Bonchev–Trinajstić information content (AvgIpc) is 2.01. The van der Waals surface area contributed by atoms with Crippen LogP contribution in [0.15, 0.2) is 12.4 Å². The van der Waals surface area contributed by atoms with Crippen LogP contribution in [0.25, 0.3) is 0 Å². The molecule has 0 N–H and O–H groups in total. The van der Waals surface area contributed by atoms with E-state index in [1.807, 2.05) is 6.58 Å². The highest BCUT2D eigenvalue weighted by Crippen LogP contribution is 2.41. The first kappa shape index (κ1) is 14.1. The third-order valence-electron chi connectivity index (χ3n) is 1.17. The van der Waals surface area contributed by atoms with E-state index >= 15 is 0 Å². The fraction of sp³-hybridized carbons (Fsp3) is 0.667. The molecular weight excluding hydrogens is 240 g/mol. The van der Waals surface area contributed by atoms with Crippen LogP contribution in [-0.2, 0) is 4.74 Å². The number of ether oxygens (including phenoxy) is 1. The molecule has 0 spiro atoms. The second-order valence-corrected chi connectivity index (χ2v) is 2.38. The van der Waals surface area contributed by atoms with Crippen molar-refractivity contribution in [3.63, 3.8) is 0 Å². The second-order valence-electron chi connectivity index (χ2n) is 2.38. The van der Waals surface area contributed by atoms with Gasteiger partial charge < -0.3 is 0 Å². The smallest absolute Gasteiger partial charge is 0.244 e. The molecule has 9 heteroatoms. The van der Waals surface area contributed by atoms with Crippen LogP contribution in [0.3, 0.4) is 0 Å². The van der Waals surface area contributed by atoms with Crippen molar-refractivity contribution in [2.24, 2.45) is 0 Å². The summed E-state index contributed by atoms with van der Waals surface area (Å²) in [6.07, 6.45) is -11.2. The summed E-state index contributed by atoms with van der Waals surface area (Å²) in [5.74, 6) is -8.18. The fourth-order valence-corrected chi connectivity index (χ4v) is 0.369. The number of halogens is 8. The minimum Gasteiger partial charge on any atom is -0.244 e. The molecule has 0 aromatic rings. The molecule has 0 aliphatic rings. The Bertz CT molecular complexity index is 248. The highest BCUT2D eigenvalue weighted by Gasteiger charge is 2.63. The summed E-state index contributed by atoms with van der Waals surface area (Å²) in [4.78, 5) is 0. The van der Waals surface area contributed by atoms with E-state index in [1.165, 1.54) is 0 Å². The van der Waals surface area contributed by atoms with Crippen LogP contribution in [0, 0.1) is 0 Å². The molecule has 0 rings (SSSR count). The van der Waals surface area contributed by atoms with Crippen LogP contribution < -0.4 is 0 Å². The minimum atomic E-state index is -5.85. The standard InChI is InChI=1S/C6H4F8O/c1-3(8)5(11,12)15-6(13,14)4(9,10)2-7/h1-2H2. The van der Waals surface area contributed by atoms with Gasteiger partial charge >= 0.3 is 18.1 Å². The number of hydrogen-bond donors (Lipinski definition) is 0. The van der Waals surface area contributed by atoms with Gasteiger partial charge in [0.25, 0.3) is 0 Å². The van der Waals surface area contributed by atoms with Crippen molar-refractivity contribution in [2.75, 3.05) is 6.67 Å². The van der Waals surface area contributed by atoms with Crippen molar-refractivity contribution in [3.8, 4) is 0 Å². The molecule has 0 fully saturated rings. The molecule has 0 atom stereocenters. The predicted octanol–water partition coefficient (Wildman–Crippen LogP) is 3.28. The minimum absolute atomic E-state index is 1.91. The summed E-state index contributed by atoms with van der Waals surface area (Å²) in [7, 11) is 0. The first-order chi connectivity index (χ1) is 6.46. The van der Waals surface area contributed by atoms with Gasteiger partial charge in [0.05, 0.1) is 0 Å². The zero-order valence-electron chi connectivity index (χ0n) is 6.85. The van der Waals surface area contributed by atoms with Gasteiger partial charge in [0.1, 0.15) is 0 Å². The summed E-state index contributed by atoms with van der Waals surface area (Å²) >= 11 is 0. The van der Waals surface area contributed by atoms with E-state index in [0.29, 0.717) is 0 Å². The number of alkyl halides is 7. The van der Waals surface area contributed by atoms with Crippen molar-refractivity contribution in [1.82, 2.24) is 0 Å². The lowest BCUT2D eigenvalue weighted by Gasteiger charge is -2.26. The first-order valence-electron chi connectivity index (χ1n) is 3.21. The van der Waals surface area contributed by atoms with E-state index in [2.05, 4.69) is 4.74 Å². The molecule has 1 nitrogen and oxygen atoms in total. The van der Waals surface area contributed by atoms with E-state index < -0.39 is 30.6 Å². The predicted molar refractivity (Wildman–Crippen MR) is 32.1 cm³/mol. The molecule has 0 aromatic heterocycles. The molecule has 0 aliphatic carbocycles. The molecule has 0 aromatic carbocycles. The lowest BCUT2D eigenvalue weighted by molar-refractivity contribution is -0.424. The van der Waals surface area contributed by atoms with E-state index in [1.54, 1.807) is 0 Å². The maximum absolute atomic E-state index is 12.2. The molecule has 0 saturated heterocycles. The van der Waals surface area contributed by atoms with Gasteiger partial charge in [0.2, 0.25) is 0 Å². The van der Waals surface area contributed by atoms with E-state index in [4.69, 9.17) is 0 Å². The Hall–Kier alpha value is -0.860. The van der Waals surface area contributed by atoms with Gasteiger partial charge in [-0.2, -0.15) is 26.3 Å². The summed E-state index contributed by atoms with van der Waals surface area (Å²) < 4.78 is 97.8. The third-order valence-corrected chi connectivity index (χ3v) is 1.17. The topological polar surface area (TPSA) is 9.23 Å². The number of rotatable bonds is 5. The summed E-state index contributed by atoms with van der Waals surface area (Å²) in [6.45, 7) is -1.03. The Labute approximate surface area is 78.3 Å². The molecule has 0 bridgehead atoms. The summed E-state index contributed by atoms with van der Waals surface area (Å²) in [5, 5.41) is 0. The molecule has 0 radical (unpaired) electrons. The normalized spacial score (nSPS) is 14.1. The van der Waals surface area contributed by atoms with E-state index in [-0.39, 0.29) is 0 Å². The fourth-order valence-electron chi connectivity index (χ4n) is 0.369. The second kappa shape index (κ2) is 3.95. The number of hydrogen-bond acceptors (Lipinski definition) is 1. The molecule has 0 unspecified atom stereocenters. The maximum Gasteiger partial charge on any atom is 0.426 e. The molecule has 0 heterocycles. The third kappa shape index (κ3) is 3.05. The van der Waals surface area contributed by atoms with Gasteiger partial charge in [-0.1, -0.05) is 6.58 Å². The van der Waals surface area contributed by atoms with Crippen molar-refractivity contribution < 1.29 is 39.9 Å². The maximum atomic E-state index is 12.2. The van der Waals surface area contributed by atoms with Crippen LogP contribution in [-0.4, -0.2) is 24.8 Å². The molecular formula is C6H4F8O. The SMILES string of the molecule is C=C(F)C(F)(F)OC(F)(F)C(F)(F)CF.